The van der Waals surface area contributed by atoms with E-state index in [0.29, 0.717) is 0 Å². The Kier molecular flexibility index (Phi) is 4.33. The lowest BCUT2D eigenvalue weighted by atomic mass is 9.53. The van der Waals surface area contributed by atoms with E-state index in [0.717, 1.165) is 40.2 Å². The first-order chi connectivity index (χ1) is 16.2. The van der Waals surface area contributed by atoms with Crippen molar-refractivity contribution < 1.29 is 0 Å². The Morgan fingerprint density at radius 1 is 0.727 bits per heavy atom. The number of hydrogen-bond acceptors (Lipinski definition) is 2. The Bertz CT molecular complexity index is 1220. The summed E-state index contributed by atoms with van der Waals surface area (Å²) in [6.07, 6.45) is 10.2. The van der Waals surface area contributed by atoms with E-state index in [9.17, 15) is 0 Å². The molecule has 0 unspecified atom stereocenters. The normalized spacial score (nSPS) is 28.2. The van der Waals surface area contributed by atoms with Crippen LogP contribution >= 0.6 is 0 Å². The fourth-order valence-corrected chi connectivity index (χ4v) is 7.30. The lowest BCUT2D eigenvalue weighted by Gasteiger charge is -2.54. The maximum atomic E-state index is 5.27. The second kappa shape index (κ2) is 7.41. The molecule has 0 radical (unpaired) electrons. The van der Waals surface area contributed by atoms with Gasteiger partial charge in [-0.05, 0) is 67.4 Å². The fourth-order valence-electron chi connectivity index (χ4n) is 7.30. The second-order valence-corrected chi connectivity index (χ2v) is 10.6. The summed E-state index contributed by atoms with van der Waals surface area (Å²) in [5, 5.41) is 0. The van der Waals surface area contributed by atoms with Gasteiger partial charge in [0, 0.05) is 11.1 Å². The van der Waals surface area contributed by atoms with Crippen molar-refractivity contribution in [3.05, 3.63) is 78.6 Å². The minimum absolute atomic E-state index is 0.165. The van der Waals surface area contributed by atoms with Gasteiger partial charge in [-0.25, -0.2) is 4.98 Å². The highest BCUT2D eigenvalue weighted by Crippen LogP contribution is 2.57. The fraction of sp³-hybridized carbons (Fsp3) is 0.333. The molecule has 3 aromatic carbocycles. The van der Waals surface area contributed by atoms with Crippen molar-refractivity contribution in [1.29, 1.82) is 0 Å². The van der Waals surface area contributed by atoms with E-state index in [2.05, 4.69) is 84.0 Å². The summed E-state index contributed by atoms with van der Waals surface area (Å²) < 4.78 is 0. The average Bonchev–Trinajstić information content (AvgIpc) is 3.27. The SMILES string of the molecule is C(=NC12CC3CC(CC(C3)C1)C2)c1nc2c(-c3ccccc3)ccc(-c3ccccc3)c2[nH]1. The lowest BCUT2D eigenvalue weighted by Crippen LogP contribution is -2.49. The van der Waals surface area contributed by atoms with Crippen molar-refractivity contribution in [3.63, 3.8) is 0 Å². The Morgan fingerprint density at radius 3 is 1.88 bits per heavy atom. The van der Waals surface area contributed by atoms with Crippen LogP contribution in [-0.2, 0) is 0 Å². The molecule has 0 saturated heterocycles. The molecule has 0 amide bonds. The first kappa shape index (κ1) is 19.3. The molecule has 4 aliphatic rings. The van der Waals surface area contributed by atoms with Gasteiger partial charge in [-0.15, -0.1) is 0 Å². The third kappa shape index (κ3) is 3.33. The first-order valence-corrected chi connectivity index (χ1v) is 12.4. The van der Waals surface area contributed by atoms with E-state index in [1.165, 1.54) is 55.2 Å². The largest absolute Gasteiger partial charge is 0.337 e. The zero-order valence-corrected chi connectivity index (χ0v) is 18.9. The van der Waals surface area contributed by atoms with Crippen LogP contribution < -0.4 is 0 Å². The number of aromatic nitrogens is 2. The monoisotopic (exact) mass is 431 g/mol. The van der Waals surface area contributed by atoms with Crippen LogP contribution in [0.15, 0.2) is 77.8 Å². The number of hydrogen-bond donors (Lipinski definition) is 1. The molecule has 0 aliphatic heterocycles. The van der Waals surface area contributed by atoms with Crippen molar-refractivity contribution in [3.8, 4) is 22.3 Å². The zero-order chi connectivity index (χ0) is 21.8. The van der Waals surface area contributed by atoms with Crippen LogP contribution in [0.4, 0.5) is 0 Å². The molecule has 3 nitrogen and oxygen atoms in total. The molecule has 0 atom stereocenters. The van der Waals surface area contributed by atoms with Crippen LogP contribution in [0.5, 0.6) is 0 Å². The molecule has 4 fully saturated rings. The maximum Gasteiger partial charge on any atom is 0.149 e. The summed E-state index contributed by atoms with van der Waals surface area (Å²) >= 11 is 0. The number of fused-ring (bicyclic) bond motifs is 1. The van der Waals surface area contributed by atoms with Gasteiger partial charge in [-0.1, -0.05) is 72.8 Å². The molecule has 33 heavy (non-hydrogen) atoms. The van der Waals surface area contributed by atoms with Crippen LogP contribution in [-0.4, -0.2) is 21.7 Å². The van der Waals surface area contributed by atoms with Crippen molar-refractivity contribution in [1.82, 2.24) is 9.97 Å². The summed E-state index contributed by atoms with van der Waals surface area (Å²) in [4.78, 5) is 14.0. The lowest BCUT2D eigenvalue weighted by molar-refractivity contribution is 0.00193. The molecule has 3 heteroatoms. The highest BCUT2D eigenvalue weighted by molar-refractivity contribution is 6.02. The van der Waals surface area contributed by atoms with E-state index >= 15 is 0 Å². The Morgan fingerprint density at radius 2 is 1.27 bits per heavy atom. The van der Waals surface area contributed by atoms with Crippen LogP contribution in [0.3, 0.4) is 0 Å². The highest BCUT2D eigenvalue weighted by atomic mass is 15.0. The van der Waals surface area contributed by atoms with Gasteiger partial charge in [-0.2, -0.15) is 0 Å². The molecule has 1 aromatic heterocycles. The van der Waals surface area contributed by atoms with Crippen molar-refractivity contribution in [2.24, 2.45) is 22.7 Å². The number of imidazole rings is 1. The number of benzene rings is 3. The topological polar surface area (TPSA) is 41.0 Å². The predicted octanol–water partition coefficient (Wildman–Crippen LogP) is 7.28. The smallest absolute Gasteiger partial charge is 0.149 e. The molecule has 4 aliphatic carbocycles. The molecular formula is C30H29N3. The van der Waals surface area contributed by atoms with Crippen LogP contribution in [0.25, 0.3) is 33.3 Å². The second-order valence-electron chi connectivity index (χ2n) is 10.6. The summed E-state index contributed by atoms with van der Waals surface area (Å²) in [7, 11) is 0. The average molecular weight is 432 g/mol. The standard InChI is InChI=1S/C30H29N3/c1-3-7-23(8-4-1)25-11-12-26(24-9-5-2-6-10-24)29-28(25)32-27(33-29)19-31-30-16-20-13-21(17-30)15-22(14-20)18-30/h1-12,19-22H,13-18H2,(H,32,33). The van der Waals surface area contributed by atoms with Gasteiger partial charge in [0.05, 0.1) is 22.8 Å². The highest BCUT2D eigenvalue weighted by Gasteiger charge is 2.50. The van der Waals surface area contributed by atoms with Gasteiger partial charge in [0.25, 0.3) is 0 Å². The van der Waals surface area contributed by atoms with E-state index in [1.807, 2.05) is 0 Å². The molecule has 1 N–H and O–H groups in total. The first-order valence-electron chi connectivity index (χ1n) is 12.4. The molecule has 1 heterocycles. The Labute approximate surface area is 195 Å². The molecule has 4 aromatic rings. The van der Waals surface area contributed by atoms with Gasteiger partial charge >= 0.3 is 0 Å². The van der Waals surface area contributed by atoms with Crippen molar-refractivity contribution in [2.45, 2.75) is 44.1 Å². The van der Waals surface area contributed by atoms with E-state index in [1.54, 1.807) is 0 Å². The summed E-state index contributed by atoms with van der Waals surface area (Å²) in [6, 6.07) is 25.6. The van der Waals surface area contributed by atoms with Gasteiger partial charge in [0.15, 0.2) is 0 Å². The number of aliphatic imine (C=N–C) groups is 1. The summed E-state index contributed by atoms with van der Waals surface area (Å²) in [5.74, 6) is 3.58. The molecule has 0 spiro atoms. The molecule has 4 bridgehead atoms. The number of aromatic amines is 1. The number of nitrogens with zero attached hydrogens (tertiary/aromatic N) is 2. The predicted molar refractivity (Wildman–Crippen MR) is 135 cm³/mol. The maximum absolute atomic E-state index is 5.27. The van der Waals surface area contributed by atoms with E-state index in [4.69, 9.17) is 9.98 Å². The number of H-pyrrole nitrogens is 1. The van der Waals surface area contributed by atoms with E-state index < -0.39 is 0 Å². The Hall–Kier alpha value is -3.20. The summed E-state index contributed by atoms with van der Waals surface area (Å²) in [6.45, 7) is 0. The van der Waals surface area contributed by atoms with Crippen LogP contribution in [0, 0.1) is 17.8 Å². The van der Waals surface area contributed by atoms with Gasteiger partial charge in [-0.3, -0.25) is 4.99 Å². The van der Waals surface area contributed by atoms with Gasteiger partial charge in [0.2, 0.25) is 0 Å². The van der Waals surface area contributed by atoms with Gasteiger partial charge < -0.3 is 4.98 Å². The molecule has 4 saturated carbocycles. The zero-order valence-electron chi connectivity index (χ0n) is 18.9. The molecule has 8 rings (SSSR count). The van der Waals surface area contributed by atoms with Crippen molar-refractivity contribution >= 4 is 17.2 Å². The molecular weight excluding hydrogens is 402 g/mol. The quantitative estimate of drug-likeness (QED) is 0.339. The van der Waals surface area contributed by atoms with Crippen molar-refractivity contribution in [2.75, 3.05) is 0 Å². The summed E-state index contributed by atoms with van der Waals surface area (Å²) in [5.41, 5.74) is 7.03. The van der Waals surface area contributed by atoms with Crippen LogP contribution in [0.2, 0.25) is 0 Å². The number of rotatable bonds is 4. The minimum Gasteiger partial charge on any atom is -0.337 e. The molecule has 164 valence electrons. The third-order valence-corrected chi connectivity index (χ3v) is 8.30. The van der Waals surface area contributed by atoms with E-state index in [-0.39, 0.29) is 5.54 Å². The number of nitrogens with one attached hydrogen (secondary N) is 1. The Balaban J connectivity index is 1.33. The third-order valence-electron chi connectivity index (χ3n) is 8.30. The minimum atomic E-state index is 0.165. The van der Waals surface area contributed by atoms with Gasteiger partial charge in [0.1, 0.15) is 5.82 Å². The van der Waals surface area contributed by atoms with Crippen LogP contribution in [0.1, 0.15) is 44.3 Å².